The molecular weight excluding hydrogens is 391 g/mol. The summed E-state index contributed by atoms with van der Waals surface area (Å²) in [5, 5.41) is 1.58. The molecule has 1 aliphatic rings. The lowest BCUT2D eigenvalue weighted by molar-refractivity contribution is 0.319. The molecule has 0 spiro atoms. The lowest BCUT2D eigenvalue weighted by Crippen LogP contribution is -2.12. The van der Waals surface area contributed by atoms with E-state index in [2.05, 4.69) is 49.1 Å². The molecule has 164 valence electrons. The zero-order valence-electron chi connectivity index (χ0n) is 19.3. The van der Waals surface area contributed by atoms with Crippen molar-refractivity contribution in [2.45, 2.75) is 64.7 Å². The summed E-state index contributed by atoms with van der Waals surface area (Å²) in [6.07, 6.45) is 12.3. The number of benzene rings is 3. The molecule has 0 amide bonds. The first kappa shape index (κ1) is 22.3. The van der Waals surface area contributed by atoms with Crippen molar-refractivity contribution in [1.29, 1.82) is 0 Å². The van der Waals surface area contributed by atoms with E-state index in [0.717, 1.165) is 40.8 Å². The van der Waals surface area contributed by atoms with Crippen molar-refractivity contribution in [2.24, 2.45) is 5.92 Å². The van der Waals surface area contributed by atoms with Crippen molar-refractivity contribution in [1.82, 2.24) is 0 Å². The van der Waals surface area contributed by atoms with E-state index in [9.17, 15) is 4.39 Å². The fourth-order valence-electron chi connectivity index (χ4n) is 4.90. The maximum atomic E-state index is 14.9. The molecule has 0 aliphatic heterocycles. The molecule has 0 aromatic heterocycles. The van der Waals surface area contributed by atoms with Gasteiger partial charge in [-0.3, -0.25) is 0 Å². The number of allylic oxidation sites excluding steroid dienone is 2. The van der Waals surface area contributed by atoms with Crippen molar-refractivity contribution < 1.29 is 4.39 Å². The highest BCUT2D eigenvalue weighted by molar-refractivity contribution is 5.85. The highest BCUT2D eigenvalue weighted by Gasteiger charge is 2.20. The molecule has 0 atom stereocenters. The molecular formula is C31H33F. The number of fused-ring (bicyclic) bond motifs is 1. The van der Waals surface area contributed by atoms with Gasteiger partial charge in [0.1, 0.15) is 5.82 Å². The number of rotatable bonds is 5. The van der Waals surface area contributed by atoms with Gasteiger partial charge in [-0.25, -0.2) is 4.39 Å². The van der Waals surface area contributed by atoms with Crippen molar-refractivity contribution in [3.05, 3.63) is 94.8 Å². The average Bonchev–Trinajstić information content (AvgIpc) is 2.84. The van der Waals surface area contributed by atoms with Crippen molar-refractivity contribution in [3.8, 4) is 11.8 Å². The Hall–Kier alpha value is -2.85. The second-order valence-electron chi connectivity index (χ2n) is 9.08. The Morgan fingerprint density at radius 3 is 2.34 bits per heavy atom. The Bertz CT molecular complexity index is 1130. The summed E-state index contributed by atoms with van der Waals surface area (Å²) in [7, 11) is 0. The van der Waals surface area contributed by atoms with Gasteiger partial charge >= 0.3 is 0 Å². The minimum atomic E-state index is -0.102. The molecule has 4 rings (SSSR count). The number of hydrogen-bond acceptors (Lipinski definition) is 0. The molecule has 1 aliphatic carbocycles. The van der Waals surface area contributed by atoms with Crippen LogP contribution in [0.4, 0.5) is 4.39 Å². The van der Waals surface area contributed by atoms with Crippen LogP contribution in [-0.4, -0.2) is 0 Å². The van der Waals surface area contributed by atoms with E-state index in [-0.39, 0.29) is 5.82 Å². The Morgan fingerprint density at radius 1 is 0.906 bits per heavy atom. The van der Waals surface area contributed by atoms with Gasteiger partial charge in [-0.2, -0.15) is 0 Å². The maximum absolute atomic E-state index is 14.9. The normalized spacial score (nSPS) is 18.6. The van der Waals surface area contributed by atoms with Crippen LogP contribution in [0.15, 0.2) is 66.7 Å². The third-order valence-electron chi connectivity index (χ3n) is 7.01. The van der Waals surface area contributed by atoms with Crippen LogP contribution < -0.4 is 0 Å². The molecule has 1 fully saturated rings. The smallest absolute Gasteiger partial charge is 0.134 e. The van der Waals surface area contributed by atoms with E-state index in [4.69, 9.17) is 0 Å². The van der Waals surface area contributed by atoms with Crippen LogP contribution in [-0.2, 0) is 6.42 Å². The number of aryl methyl sites for hydroxylation is 1. The standard InChI is InChI=1S/C31H33F/c1-3-5-6-7-28-19-20-29-22-25(14-21-30(29)31(28)32)9-8-24-12-17-27(18-13-24)26-15-10-23(4-2)11-16-26/h3,5,12-14,17-23,26H,4,6-7,10-11,15-16H2,1-2H3/b5-3+. The first-order valence-electron chi connectivity index (χ1n) is 12.1. The van der Waals surface area contributed by atoms with Crippen LogP contribution in [0, 0.1) is 23.6 Å². The SMILES string of the molecule is C/C=C/CCc1ccc2cc(C#Cc3ccc(C4CCC(CC)CC4)cc3)ccc2c1F. The topological polar surface area (TPSA) is 0 Å². The first-order valence-corrected chi connectivity index (χ1v) is 12.1. The van der Waals surface area contributed by atoms with Gasteiger partial charge in [0.15, 0.2) is 0 Å². The monoisotopic (exact) mass is 424 g/mol. The van der Waals surface area contributed by atoms with Gasteiger partial charge in [0.2, 0.25) is 0 Å². The maximum Gasteiger partial charge on any atom is 0.134 e. The molecule has 0 unspecified atom stereocenters. The summed E-state index contributed by atoms with van der Waals surface area (Å²) >= 11 is 0. The second-order valence-corrected chi connectivity index (χ2v) is 9.08. The molecule has 0 heterocycles. The molecule has 3 aromatic rings. The van der Waals surface area contributed by atoms with Gasteiger partial charge in [0.05, 0.1) is 0 Å². The quantitative estimate of drug-likeness (QED) is 0.284. The van der Waals surface area contributed by atoms with Gasteiger partial charge in [-0.15, -0.1) is 0 Å². The van der Waals surface area contributed by atoms with Crippen LogP contribution in [0.5, 0.6) is 0 Å². The fraction of sp³-hybridized carbons (Fsp3) is 0.355. The summed E-state index contributed by atoms with van der Waals surface area (Å²) in [6, 6.07) is 18.5. The third-order valence-corrected chi connectivity index (χ3v) is 7.01. The highest BCUT2D eigenvalue weighted by Crippen LogP contribution is 2.36. The van der Waals surface area contributed by atoms with Crippen molar-refractivity contribution in [2.75, 3.05) is 0 Å². The summed E-state index contributed by atoms with van der Waals surface area (Å²) in [5.74, 6) is 8.07. The van der Waals surface area contributed by atoms with E-state index in [0.29, 0.717) is 11.3 Å². The van der Waals surface area contributed by atoms with E-state index in [1.165, 1.54) is 37.7 Å². The predicted octanol–water partition coefficient (Wildman–Crippen LogP) is 8.57. The summed E-state index contributed by atoms with van der Waals surface area (Å²) < 4.78 is 14.9. The molecule has 0 nitrogen and oxygen atoms in total. The molecule has 0 radical (unpaired) electrons. The van der Waals surface area contributed by atoms with Crippen LogP contribution in [0.3, 0.4) is 0 Å². The third kappa shape index (κ3) is 5.31. The summed E-state index contributed by atoms with van der Waals surface area (Å²) in [5.41, 5.74) is 4.18. The van der Waals surface area contributed by atoms with Crippen LogP contribution in [0.1, 0.15) is 80.5 Å². The number of hydrogen-bond donors (Lipinski definition) is 0. The molecule has 0 saturated heterocycles. The van der Waals surface area contributed by atoms with Gasteiger partial charge in [-0.05, 0) is 98.1 Å². The Labute approximate surface area is 192 Å². The average molecular weight is 425 g/mol. The molecule has 1 saturated carbocycles. The van der Waals surface area contributed by atoms with Gasteiger partial charge in [-0.1, -0.05) is 67.7 Å². The zero-order valence-corrected chi connectivity index (χ0v) is 19.3. The van der Waals surface area contributed by atoms with Crippen molar-refractivity contribution in [3.63, 3.8) is 0 Å². The Kier molecular flexibility index (Phi) is 7.43. The Balaban J connectivity index is 1.46. The van der Waals surface area contributed by atoms with Gasteiger partial charge in [0.25, 0.3) is 0 Å². The van der Waals surface area contributed by atoms with E-state index in [1.807, 2.05) is 43.3 Å². The van der Waals surface area contributed by atoms with Crippen LogP contribution in [0.25, 0.3) is 10.8 Å². The minimum absolute atomic E-state index is 0.102. The molecule has 1 heteroatoms. The fourth-order valence-corrected chi connectivity index (χ4v) is 4.90. The first-order chi connectivity index (χ1) is 15.7. The molecule has 0 N–H and O–H groups in total. The molecule has 3 aromatic carbocycles. The van der Waals surface area contributed by atoms with E-state index >= 15 is 0 Å². The van der Waals surface area contributed by atoms with E-state index < -0.39 is 0 Å². The molecule has 0 bridgehead atoms. The summed E-state index contributed by atoms with van der Waals surface area (Å²) in [4.78, 5) is 0. The lowest BCUT2D eigenvalue weighted by Gasteiger charge is -2.28. The molecule has 32 heavy (non-hydrogen) atoms. The van der Waals surface area contributed by atoms with Crippen molar-refractivity contribution >= 4 is 10.8 Å². The zero-order chi connectivity index (χ0) is 22.3. The van der Waals surface area contributed by atoms with Gasteiger partial charge in [0, 0.05) is 16.5 Å². The second kappa shape index (κ2) is 10.6. The predicted molar refractivity (Wildman–Crippen MR) is 134 cm³/mol. The highest BCUT2D eigenvalue weighted by atomic mass is 19.1. The van der Waals surface area contributed by atoms with Crippen LogP contribution in [0.2, 0.25) is 0 Å². The minimum Gasteiger partial charge on any atom is -0.206 e. The largest absolute Gasteiger partial charge is 0.206 e. The summed E-state index contributed by atoms with van der Waals surface area (Å²) in [6.45, 7) is 4.31. The lowest BCUT2D eigenvalue weighted by atomic mass is 9.78. The van der Waals surface area contributed by atoms with E-state index in [1.54, 1.807) is 0 Å². The number of halogens is 1. The van der Waals surface area contributed by atoms with Crippen LogP contribution >= 0.6 is 0 Å². The van der Waals surface area contributed by atoms with Gasteiger partial charge < -0.3 is 0 Å². The Morgan fingerprint density at radius 2 is 1.62 bits per heavy atom.